The zero-order valence-corrected chi connectivity index (χ0v) is 10.6. The summed E-state index contributed by atoms with van der Waals surface area (Å²) in [5.74, 6) is 0. The Kier molecular flexibility index (Phi) is 3.27. The lowest BCUT2D eigenvalue weighted by atomic mass is 9.96. The standard InChI is InChI=1S/C10H15BrN2S/c1-13-4-2-3-8(12)10(13)9-5-7(11)6-14-9/h5-6,8,10H,2-4,12H2,1H3. The fourth-order valence-electron chi connectivity index (χ4n) is 2.11. The van der Waals surface area contributed by atoms with Crippen LogP contribution in [0, 0.1) is 0 Å². The SMILES string of the molecule is CN1CCCC(N)C1c1cc(Br)cs1. The quantitative estimate of drug-likeness (QED) is 0.853. The molecule has 0 saturated carbocycles. The molecule has 2 rings (SSSR count). The van der Waals surface area contributed by atoms with Gasteiger partial charge in [-0.2, -0.15) is 0 Å². The number of thiophene rings is 1. The van der Waals surface area contributed by atoms with Crippen molar-refractivity contribution in [1.82, 2.24) is 4.90 Å². The molecule has 0 aliphatic carbocycles. The first kappa shape index (κ1) is 10.6. The molecule has 14 heavy (non-hydrogen) atoms. The van der Waals surface area contributed by atoms with Crippen LogP contribution in [0.5, 0.6) is 0 Å². The van der Waals surface area contributed by atoms with Crippen LogP contribution >= 0.6 is 27.3 Å². The first-order valence-electron chi connectivity index (χ1n) is 4.88. The number of rotatable bonds is 1. The van der Waals surface area contributed by atoms with Gasteiger partial charge < -0.3 is 5.73 Å². The maximum Gasteiger partial charge on any atom is 0.0591 e. The molecule has 1 saturated heterocycles. The van der Waals surface area contributed by atoms with Gasteiger partial charge in [-0.25, -0.2) is 0 Å². The number of likely N-dealkylation sites (N-methyl/N-ethyl adjacent to an activating group) is 1. The Labute approximate surface area is 97.2 Å². The van der Waals surface area contributed by atoms with E-state index in [-0.39, 0.29) is 0 Å². The number of piperidine rings is 1. The third-order valence-corrected chi connectivity index (χ3v) is 4.57. The maximum atomic E-state index is 6.16. The van der Waals surface area contributed by atoms with Crippen LogP contribution < -0.4 is 5.73 Å². The molecule has 0 spiro atoms. The van der Waals surface area contributed by atoms with Crippen LogP contribution in [-0.2, 0) is 0 Å². The van der Waals surface area contributed by atoms with Gasteiger partial charge >= 0.3 is 0 Å². The van der Waals surface area contributed by atoms with Crippen molar-refractivity contribution in [3.8, 4) is 0 Å². The second-order valence-corrected chi connectivity index (χ2v) is 5.76. The molecule has 0 radical (unpaired) electrons. The number of hydrogen-bond donors (Lipinski definition) is 1. The highest BCUT2D eigenvalue weighted by Gasteiger charge is 2.28. The molecule has 2 heterocycles. The molecule has 1 fully saturated rings. The lowest BCUT2D eigenvalue weighted by Crippen LogP contribution is -2.43. The molecule has 1 aliphatic heterocycles. The van der Waals surface area contributed by atoms with Gasteiger partial charge in [0.2, 0.25) is 0 Å². The van der Waals surface area contributed by atoms with Crippen LogP contribution in [0.25, 0.3) is 0 Å². The van der Waals surface area contributed by atoms with E-state index in [0.717, 1.165) is 13.0 Å². The second kappa shape index (κ2) is 4.31. The minimum atomic E-state index is 0.291. The van der Waals surface area contributed by atoms with Crippen molar-refractivity contribution in [2.24, 2.45) is 5.73 Å². The Bertz CT molecular complexity index is 303. The van der Waals surface area contributed by atoms with Crippen molar-refractivity contribution in [3.05, 3.63) is 20.8 Å². The van der Waals surface area contributed by atoms with Crippen LogP contribution in [0.4, 0.5) is 0 Å². The molecule has 78 valence electrons. The Morgan fingerprint density at radius 2 is 2.43 bits per heavy atom. The minimum Gasteiger partial charge on any atom is -0.326 e. The zero-order chi connectivity index (χ0) is 10.1. The van der Waals surface area contributed by atoms with Crippen molar-refractivity contribution < 1.29 is 0 Å². The van der Waals surface area contributed by atoms with Crippen LogP contribution in [0.1, 0.15) is 23.8 Å². The van der Waals surface area contributed by atoms with Crippen molar-refractivity contribution >= 4 is 27.3 Å². The summed E-state index contributed by atoms with van der Waals surface area (Å²) in [4.78, 5) is 3.75. The molecular formula is C10H15BrN2S. The van der Waals surface area contributed by atoms with Gasteiger partial charge in [0.25, 0.3) is 0 Å². The van der Waals surface area contributed by atoms with Gasteiger partial charge in [0.15, 0.2) is 0 Å². The van der Waals surface area contributed by atoms with Crippen LogP contribution in [0.2, 0.25) is 0 Å². The lowest BCUT2D eigenvalue weighted by molar-refractivity contribution is 0.166. The molecule has 2 N–H and O–H groups in total. The molecule has 0 amide bonds. The van der Waals surface area contributed by atoms with Gasteiger partial charge in [0, 0.05) is 20.8 Å². The van der Waals surface area contributed by atoms with Crippen molar-refractivity contribution in [3.63, 3.8) is 0 Å². The molecule has 4 heteroatoms. The van der Waals surface area contributed by atoms with E-state index in [0.29, 0.717) is 12.1 Å². The van der Waals surface area contributed by atoms with Gasteiger partial charge in [-0.15, -0.1) is 11.3 Å². The summed E-state index contributed by atoms with van der Waals surface area (Å²) in [6, 6.07) is 2.90. The Balaban J connectivity index is 2.22. The van der Waals surface area contributed by atoms with E-state index < -0.39 is 0 Å². The molecule has 0 aromatic carbocycles. The van der Waals surface area contributed by atoms with E-state index in [1.54, 1.807) is 11.3 Å². The molecule has 2 nitrogen and oxygen atoms in total. The highest BCUT2D eigenvalue weighted by molar-refractivity contribution is 9.10. The smallest absolute Gasteiger partial charge is 0.0591 e. The molecule has 1 aromatic rings. The maximum absolute atomic E-state index is 6.16. The van der Waals surface area contributed by atoms with Gasteiger partial charge in [-0.1, -0.05) is 0 Å². The normalized spacial score (nSPS) is 29.4. The van der Waals surface area contributed by atoms with E-state index in [9.17, 15) is 0 Å². The summed E-state index contributed by atoms with van der Waals surface area (Å²) >= 11 is 5.28. The predicted octanol–water partition coefficient (Wildman–Crippen LogP) is 2.60. The predicted molar refractivity (Wildman–Crippen MR) is 64.6 cm³/mol. The van der Waals surface area contributed by atoms with Crippen molar-refractivity contribution in [2.75, 3.05) is 13.6 Å². The fourth-order valence-corrected chi connectivity index (χ4v) is 3.80. The monoisotopic (exact) mass is 274 g/mol. The molecule has 0 bridgehead atoms. The summed E-state index contributed by atoms with van der Waals surface area (Å²) in [5, 5.41) is 2.13. The first-order valence-corrected chi connectivity index (χ1v) is 6.55. The Morgan fingerprint density at radius 1 is 1.64 bits per heavy atom. The average molecular weight is 275 g/mol. The second-order valence-electron chi connectivity index (χ2n) is 3.90. The Morgan fingerprint density at radius 3 is 3.00 bits per heavy atom. The zero-order valence-electron chi connectivity index (χ0n) is 8.24. The highest BCUT2D eigenvalue weighted by atomic mass is 79.9. The van der Waals surface area contributed by atoms with E-state index in [1.807, 2.05) is 0 Å². The van der Waals surface area contributed by atoms with E-state index in [1.165, 1.54) is 15.8 Å². The summed E-state index contributed by atoms with van der Waals surface area (Å²) in [5.41, 5.74) is 6.16. The van der Waals surface area contributed by atoms with Crippen LogP contribution in [-0.4, -0.2) is 24.5 Å². The summed E-state index contributed by atoms with van der Waals surface area (Å²) in [6.45, 7) is 1.16. The van der Waals surface area contributed by atoms with Gasteiger partial charge in [0.1, 0.15) is 0 Å². The van der Waals surface area contributed by atoms with E-state index >= 15 is 0 Å². The van der Waals surface area contributed by atoms with Gasteiger partial charge in [0.05, 0.1) is 6.04 Å². The van der Waals surface area contributed by atoms with Crippen molar-refractivity contribution in [2.45, 2.75) is 24.9 Å². The molecule has 2 atom stereocenters. The number of nitrogens with two attached hydrogens (primary N) is 1. The number of hydrogen-bond acceptors (Lipinski definition) is 3. The summed E-state index contributed by atoms with van der Waals surface area (Å²) in [6.07, 6.45) is 2.37. The molecule has 1 aliphatic rings. The Hall–Kier alpha value is 0.1000. The molecular weight excluding hydrogens is 260 g/mol. The van der Waals surface area contributed by atoms with E-state index in [2.05, 4.69) is 39.3 Å². The molecule has 1 aromatic heterocycles. The summed E-state index contributed by atoms with van der Waals surface area (Å²) < 4.78 is 1.17. The van der Waals surface area contributed by atoms with E-state index in [4.69, 9.17) is 5.73 Å². The van der Waals surface area contributed by atoms with Crippen molar-refractivity contribution in [1.29, 1.82) is 0 Å². The third-order valence-electron chi connectivity index (χ3n) is 2.81. The first-order chi connectivity index (χ1) is 6.68. The number of nitrogens with zero attached hydrogens (tertiary/aromatic N) is 1. The molecule has 2 unspecified atom stereocenters. The van der Waals surface area contributed by atoms with Crippen LogP contribution in [0.3, 0.4) is 0 Å². The number of halogens is 1. The number of likely N-dealkylation sites (tertiary alicyclic amines) is 1. The average Bonchev–Trinajstić information content (AvgIpc) is 2.51. The third kappa shape index (κ3) is 2.03. The van der Waals surface area contributed by atoms with Crippen LogP contribution in [0.15, 0.2) is 15.9 Å². The highest BCUT2D eigenvalue weighted by Crippen LogP contribution is 2.34. The van der Waals surface area contributed by atoms with Gasteiger partial charge in [-0.05, 0) is 48.4 Å². The topological polar surface area (TPSA) is 29.3 Å². The summed E-state index contributed by atoms with van der Waals surface area (Å²) in [7, 11) is 2.16. The minimum absolute atomic E-state index is 0.291. The largest absolute Gasteiger partial charge is 0.326 e. The fraction of sp³-hybridized carbons (Fsp3) is 0.600. The van der Waals surface area contributed by atoms with Gasteiger partial charge in [-0.3, -0.25) is 4.90 Å². The lowest BCUT2D eigenvalue weighted by Gasteiger charge is -2.36.